The third-order valence-corrected chi connectivity index (χ3v) is 3.10. The first-order valence-electron chi connectivity index (χ1n) is 5.35. The summed E-state index contributed by atoms with van der Waals surface area (Å²) in [6.45, 7) is 1.72. The molecular weight excluding hydrogens is 315 g/mol. The summed E-state index contributed by atoms with van der Waals surface area (Å²) in [5.74, 6) is -0.161. The summed E-state index contributed by atoms with van der Waals surface area (Å²) in [7, 11) is -2.84. The van der Waals surface area contributed by atoms with Gasteiger partial charge in [-0.15, -0.1) is 4.33 Å². The van der Waals surface area contributed by atoms with E-state index in [0.29, 0.717) is 5.75 Å². The maximum absolute atomic E-state index is 11.4. The van der Waals surface area contributed by atoms with Crippen LogP contribution in [0.15, 0.2) is 29.2 Å². The standard InChI is InChI=1S/C11H14O7S.K.H/c1-3-16-11(12)8-17-9-4-6-10(7-5-9)19(13,14)18-15-2;;/h4-7H,3,8H2,1-2H3;;. The Labute approximate surface area is 160 Å². The molecule has 0 fully saturated rings. The SMILES string of the molecule is CCOC(=O)COc1ccc(S(=O)(=O)OOC)cc1.[KH]. The number of carbonyl (C=O) groups excluding carboxylic acids is 1. The van der Waals surface area contributed by atoms with Gasteiger partial charge in [-0.25, -0.2) is 9.68 Å². The Hall–Kier alpha value is -0.00364. The van der Waals surface area contributed by atoms with Gasteiger partial charge >= 0.3 is 67.5 Å². The van der Waals surface area contributed by atoms with Gasteiger partial charge in [-0.05, 0) is 31.2 Å². The molecule has 7 nitrogen and oxygen atoms in total. The average molecular weight is 330 g/mol. The second-order valence-corrected chi connectivity index (χ2v) is 4.77. The molecular formula is C11H15KO7S. The molecule has 20 heavy (non-hydrogen) atoms. The Bertz CT molecular complexity index is 512. The van der Waals surface area contributed by atoms with Gasteiger partial charge in [-0.2, -0.15) is 8.42 Å². The molecule has 0 aliphatic carbocycles. The predicted molar refractivity (Wildman–Crippen MR) is 71.0 cm³/mol. The first-order valence-corrected chi connectivity index (χ1v) is 6.76. The molecule has 0 saturated carbocycles. The second-order valence-electron chi connectivity index (χ2n) is 3.25. The Kier molecular flexibility index (Phi) is 9.84. The van der Waals surface area contributed by atoms with Crippen molar-refractivity contribution in [1.82, 2.24) is 0 Å². The van der Waals surface area contributed by atoms with E-state index in [9.17, 15) is 13.2 Å². The number of ether oxygens (including phenoxy) is 2. The van der Waals surface area contributed by atoms with Crippen molar-refractivity contribution in [2.45, 2.75) is 11.8 Å². The van der Waals surface area contributed by atoms with Crippen molar-refractivity contribution in [3.8, 4) is 5.75 Å². The van der Waals surface area contributed by atoms with E-state index < -0.39 is 16.1 Å². The normalized spacial score (nSPS) is 10.5. The number of rotatable bonds is 7. The van der Waals surface area contributed by atoms with Crippen molar-refractivity contribution in [2.75, 3.05) is 20.3 Å². The quantitative estimate of drug-likeness (QED) is 0.306. The molecule has 108 valence electrons. The Balaban J connectivity index is 0.00000361. The van der Waals surface area contributed by atoms with Crippen molar-refractivity contribution < 1.29 is 31.9 Å². The zero-order valence-corrected chi connectivity index (χ0v) is 11.3. The molecule has 0 heterocycles. The van der Waals surface area contributed by atoms with Gasteiger partial charge in [0.05, 0.1) is 18.6 Å². The molecule has 0 aliphatic heterocycles. The van der Waals surface area contributed by atoms with Crippen LogP contribution < -0.4 is 4.74 Å². The summed E-state index contributed by atoms with van der Waals surface area (Å²) in [6.07, 6.45) is 0. The van der Waals surface area contributed by atoms with Crippen molar-refractivity contribution in [1.29, 1.82) is 0 Å². The van der Waals surface area contributed by atoms with E-state index in [-0.39, 0.29) is 69.5 Å². The third kappa shape index (κ3) is 6.63. The van der Waals surface area contributed by atoms with Crippen molar-refractivity contribution in [3.63, 3.8) is 0 Å². The van der Waals surface area contributed by atoms with Crippen LogP contribution in [0.3, 0.4) is 0 Å². The van der Waals surface area contributed by atoms with Crippen LogP contribution in [-0.4, -0.2) is 86.1 Å². The molecule has 0 atom stereocenters. The topological polar surface area (TPSA) is 88.1 Å². The molecule has 0 aliphatic rings. The van der Waals surface area contributed by atoms with Gasteiger partial charge in [-0.3, -0.25) is 0 Å². The molecule has 0 spiro atoms. The number of benzene rings is 1. The van der Waals surface area contributed by atoms with Crippen LogP contribution in [0.5, 0.6) is 5.75 Å². The van der Waals surface area contributed by atoms with E-state index in [0.717, 1.165) is 7.11 Å². The number of hydrogen-bond donors (Lipinski definition) is 0. The molecule has 1 aromatic carbocycles. The van der Waals surface area contributed by atoms with Crippen LogP contribution in [0, 0.1) is 0 Å². The molecule has 0 unspecified atom stereocenters. The van der Waals surface area contributed by atoms with E-state index in [2.05, 4.69) is 14.0 Å². The maximum atomic E-state index is 11.4. The van der Waals surface area contributed by atoms with Crippen LogP contribution in [0.1, 0.15) is 6.92 Å². The van der Waals surface area contributed by atoms with Gasteiger partial charge in [-0.1, -0.05) is 0 Å². The minimum atomic E-state index is -3.94. The first-order chi connectivity index (χ1) is 8.99. The molecule has 0 N–H and O–H groups in total. The van der Waals surface area contributed by atoms with Gasteiger partial charge in [0.2, 0.25) is 0 Å². The summed E-state index contributed by atoms with van der Waals surface area (Å²) < 4.78 is 36.8. The van der Waals surface area contributed by atoms with E-state index in [4.69, 9.17) is 4.74 Å². The zero-order valence-electron chi connectivity index (χ0n) is 10.5. The van der Waals surface area contributed by atoms with Gasteiger partial charge < -0.3 is 9.47 Å². The molecule has 0 saturated heterocycles. The molecule has 0 radical (unpaired) electrons. The van der Waals surface area contributed by atoms with Crippen LogP contribution in [0.4, 0.5) is 0 Å². The van der Waals surface area contributed by atoms with Gasteiger partial charge in [0, 0.05) is 0 Å². The molecule has 0 bridgehead atoms. The monoisotopic (exact) mass is 330 g/mol. The number of hydrogen-bond acceptors (Lipinski definition) is 7. The Morgan fingerprint density at radius 1 is 1.20 bits per heavy atom. The predicted octanol–water partition coefficient (Wildman–Crippen LogP) is 0.247. The van der Waals surface area contributed by atoms with Crippen LogP contribution >= 0.6 is 0 Å². The number of carbonyl (C=O) groups is 1. The average Bonchev–Trinajstić information content (AvgIpc) is 2.37. The molecule has 0 amide bonds. The fourth-order valence-electron chi connectivity index (χ4n) is 1.18. The van der Waals surface area contributed by atoms with E-state index >= 15 is 0 Å². The summed E-state index contributed by atoms with van der Waals surface area (Å²) in [6, 6.07) is 5.33. The van der Waals surface area contributed by atoms with Gasteiger partial charge in [0.15, 0.2) is 6.61 Å². The molecule has 0 aromatic heterocycles. The van der Waals surface area contributed by atoms with Crippen LogP contribution in [0.2, 0.25) is 0 Å². The first kappa shape index (κ1) is 20.0. The van der Waals surface area contributed by atoms with E-state index in [1.807, 2.05) is 0 Å². The minimum absolute atomic E-state index is 0. The van der Waals surface area contributed by atoms with Crippen molar-refractivity contribution in [2.24, 2.45) is 0 Å². The summed E-state index contributed by atoms with van der Waals surface area (Å²) >= 11 is 0. The number of esters is 1. The zero-order chi connectivity index (χ0) is 14.3. The molecule has 1 aromatic rings. The second kappa shape index (κ2) is 9.85. The van der Waals surface area contributed by atoms with Crippen molar-refractivity contribution in [3.05, 3.63) is 24.3 Å². The van der Waals surface area contributed by atoms with E-state index in [1.165, 1.54) is 24.3 Å². The fraction of sp³-hybridized carbons (Fsp3) is 0.364. The molecule has 1 rings (SSSR count). The van der Waals surface area contributed by atoms with Gasteiger partial charge in [0.1, 0.15) is 5.75 Å². The van der Waals surface area contributed by atoms with Gasteiger partial charge in [0.25, 0.3) is 0 Å². The molecule has 9 heteroatoms. The summed E-state index contributed by atoms with van der Waals surface area (Å²) in [5, 5.41) is 0. The fourth-order valence-corrected chi connectivity index (χ4v) is 1.90. The third-order valence-electron chi connectivity index (χ3n) is 1.93. The van der Waals surface area contributed by atoms with Crippen LogP contribution in [0.25, 0.3) is 0 Å². The van der Waals surface area contributed by atoms with Crippen LogP contribution in [-0.2, 0) is 28.9 Å². The Morgan fingerprint density at radius 2 is 1.80 bits per heavy atom. The van der Waals surface area contributed by atoms with Crippen molar-refractivity contribution >= 4 is 67.5 Å². The Morgan fingerprint density at radius 3 is 2.30 bits per heavy atom. The van der Waals surface area contributed by atoms with E-state index in [1.54, 1.807) is 6.92 Å². The summed E-state index contributed by atoms with van der Waals surface area (Å²) in [4.78, 5) is 15.1. The summed E-state index contributed by atoms with van der Waals surface area (Å²) in [5.41, 5.74) is 0.